The summed E-state index contributed by atoms with van der Waals surface area (Å²) in [6.45, 7) is 0.602. The lowest BCUT2D eigenvalue weighted by Crippen LogP contribution is -2.27. The highest BCUT2D eigenvalue weighted by Gasteiger charge is 2.14. The molecule has 88 valence electrons. The number of benzene rings is 1. The van der Waals surface area contributed by atoms with Crippen molar-refractivity contribution in [3.8, 4) is 0 Å². The smallest absolute Gasteiger partial charge is 0.272 e. The van der Waals surface area contributed by atoms with Crippen LogP contribution < -0.4 is 0 Å². The van der Waals surface area contributed by atoms with Crippen molar-refractivity contribution >= 4 is 5.91 Å². The van der Waals surface area contributed by atoms with Crippen molar-refractivity contribution < 1.29 is 4.79 Å². The van der Waals surface area contributed by atoms with E-state index in [2.05, 4.69) is 4.98 Å². The summed E-state index contributed by atoms with van der Waals surface area (Å²) in [5.74, 6) is -0.0196. The summed E-state index contributed by atoms with van der Waals surface area (Å²) in [6, 6.07) is 9.92. The van der Waals surface area contributed by atoms with Crippen molar-refractivity contribution in [1.82, 2.24) is 14.5 Å². The molecular formula is C13H15N3O. The summed E-state index contributed by atoms with van der Waals surface area (Å²) in [7, 11) is 3.61. The van der Waals surface area contributed by atoms with Gasteiger partial charge in [-0.05, 0) is 5.56 Å². The van der Waals surface area contributed by atoms with Crippen LogP contribution in [0.25, 0.3) is 0 Å². The first-order valence-electron chi connectivity index (χ1n) is 5.44. The Hall–Kier alpha value is -2.10. The maximum absolute atomic E-state index is 12.1. The second kappa shape index (κ2) is 4.82. The van der Waals surface area contributed by atoms with E-state index in [0.29, 0.717) is 12.2 Å². The van der Waals surface area contributed by atoms with Gasteiger partial charge in [0.25, 0.3) is 5.91 Å². The Morgan fingerprint density at radius 2 is 2.06 bits per heavy atom. The van der Waals surface area contributed by atoms with Gasteiger partial charge in [0.1, 0.15) is 5.69 Å². The van der Waals surface area contributed by atoms with Crippen LogP contribution >= 0.6 is 0 Å². The molecule has 1 aromatic heterocycles. The van der Waals surface area contributed by atoms with Crippen LogP contribution in [0.1, 0.15) is 16.1 Å². The summed E-state index contributed by atoms with van der Waals surface area (Å²) >= 11 is 0. The molecule has 0 fully saturated rings. The molecule has 4 nitrogen and oxygen atoms in total. The monoisotopic (exact) mass is 229 g/mol. The van der Waals surface area contributed by atoms with Gasteiger partial charge in [-0.2, -0.15) is 0 Å². The molecule has 0 N–H and O–H groups in total. The number of imidazole rings is 1. The van der Waals surface area contributed by atoms with Crippen molar-refractivity contribution in [2.24, 2.45) is 7.05 Å². The highest BCUT2D eigenvalue weighted by atomic mass is 16.2. The minimum Gasteiger partial charge on any atom is -0.336 e. The van der Waals surface area contributed by atoms with Gasteiger partial charge in [0, 0.05) is 20.6 Å². The molecule has 1 aromatic carbocycles. The molecule has 2 aromatic rings. The third-order valence-electron chi connectivity index (χ3n) is 2.65. The molecule has 0 aliphatic rings. The van der Waals surface area contributed by atoms with E-state index in [9.17, 15) is 4.79 Å². The third kappa shape index (κ3) is 2.53. The average Bonchev–Trinajstić information content (AvgIpc) is 2.76. The molecule has 0 radical (unpaired) electrons. The predicted octanol–water partition coefficient (Wildman–Crippen LogP) is 1.69. The van der Waals surface area contributed by atoms with Gasteiger partial charge in [-0.15, -0.1) is 0 Å². The van der Waals surface area contributed by atoms with Crippen molar-refractivity contribution in [2.45, 2.75) is 6.54 Å². The number of rotatable bonds is 3. The number of aryl methyl sites for hydroxylation is 1. The van der Waals surface area contributed by atoms with Crippen LogP contribution in [-0.2, 0) is 13.6 Å². The van der Waals surface area contributed by atoms with E-state index in [-0.39, 0.29) is 5.91 Å². The van der Waals surface area contributed by atoms with Crippen molar-refractivity contribution in [2.75, 3.05) is 7.05 Å². The van der Waals surface area contributed by atoms with Crippen LogP contribution in [-0.4, -0.2) is 27.4 Å². The number of hydrogen-bond donors (Lipinski definition) is 0. The van der Waals surface area contributed by atoms with E-state index in [1.165, 1.54) is 0 Å². The van der Waals surface area contributed by atoms with Gasteiger partial charge in [-0.25, -0.2) is 4.98 Å². The van der Waals surface area contributed by atoms with Gasteiger partial charge >= 0.3 is 0 Å². The summed E-state index contributed by atoms with van der Waals surface area (Å²) < 4.78 is 1.73. The summed E-state index contributed by atoms with van der Waals surface area (Å²) in [6.07, 6.45) is 3.22. The fraction of sp³-hybridized carbons (Fsp3) is 0.231. The molecule has 0 unspecified atom stereocenters. The fourth-order valence-corrected chi connectivity index (χ4v) is 1.69. The Bertz CT molecular complexity index is 504. The number of hydrogen-bond acceptors (Lipinski definition) is 2. The van der Waals surface area contributed by atoms with Crippen molar-refractivity contribution in [3.63, 3.8) is 0 Å². The normalized spacial score (nSPS) is 10.2. The molecule has 0 saturated heterocycles. The lowest BCUT2D eigenvalue weighted by molar-refractivity contribution is 0.0775. The molecule has 4 heteroatoms. The van der Waals surface area contributed by atoms with Gasteiger partial charge in [0.2, 0.25) is 0 Å². The Kier molecular flexibility index (Phi) is 3.23. The highest BCUT2D eigenvalue weighted by molar-refractivity contribution is 5.92. The van der Waals surface area contributed by atoms with Crippen LogP contribution in [0, 0.1) is 0 Å². The zero-order chi connectivity index (χ0) is 12.3. The first-order chi connectivity index (χ1) is 8.18. The molecule has 0 spiro atoms. The van der Waals surface area contributed by atoms with E-state index in [4.69, 9.17) is 0 Å². The average molecular weight is 229 g/mol. The molecular weight excluding hydrogens is 214 g/mol. The lowest BCUT2D eigenvalue weighted by atomic mass is 10.2. The standard InChI is InChI=1S/C13H15N3O/c1-15(9-11-6-4-3-5-7-11)13(17)12-8-14-10-16(12)2/h3-8,10H,9H2,1-2H3. The largest absolute Gasteiger partial charge is 0.336 e. The predicted molar refractivity (Wildman–Crippen MR) is 65.4 cm³/mol. The third-order valence-corrected chi connectivity index (χ3v) is 2.65. The summed E-state index contributed by atoms with van der Waals surface area (Å²) in [5.41, 5.74) is 1.72. The van der Waals surface area contributed by atoms with E-state index in [1.807, 2.05) is 37.4 Å². The molecule has 1 amide bonds. The zero-order valence-electron chi connectivity index (χ0n) is 10.00. The van der Waals surface area contributed by atoms with Gasteiger partial charge < -0.3 is 9.47 Å². The lowest BCUT2D eigenvalue weighted by Gasteiger charge is -2.17. The fourth-order valence-electron chi connectivity index (χ4n) is 1.69. The molecule has 2 rings (SSSR count). The highest BCUT2D eigenvalue weighted by Crippen LogP contribution is 2.07. The maximum Gasteiger partial charge on any atom is 0.272 e. The van der Waals surface area contributed by atoms with E-state index in [0.717, 1.165) is 5.56 Å². The second-order valence-electron chi connectivity index (χ2n) is 4.04. The number of aromatic nitrogens is 2. The molecule has 0 atom stereocenters. The van der Waals surface area contributed by atoms with Crippen LogP contribution in [0.15, 0.2) is 42.9 Å². The molecule has 1 heterocycles. The zero-order valence-corrected chi connectivity index (χ0v) is 10.00. The van der Waals surface area contributed by atoms with E-state index >= 15 is 0 Å². The maximum atomic E-state index is 12.1. The van der Waals surface area contributed by atoms with Crippen molar-refractivity contribution in [3.05, 3.63) is 54.1 Å². The Morgan fingerprint density at radius 3 is 2.65 bits per heavy atom. The van der Waals surface area contributed by atoms with Gasteiger partial charge in [-0.3, -0.25) is 4.79 Å². The van der Waals surface area contributed by atoms with Crippen molar-refractivity contribution in [1.29, 1.82) is 0 Å². The minimum atomic E-state index is -0.0196. The summed E-state index contributed by atoms with van der Waals surface area (Å²) in [4.78, 5) is 17.7. The first kappa shape index (κ1) is 11.4. The van der Waals surface area contributed by atoms with E-state index in [1.54, 1.807) is 29.0 Å². The Labute approximate surface area is 101 Å². The number of amides is 1. The second-order valence-corrected chi connectivity index (χ2v) is 4.04. The molecule has 0 saturated carbocycles. The Balaban J connectivity index is 2.09. The number of carbonyl (C=O) groups excluding carboxylic acids is 1. The van der Waals surface area contributed by atoms with Crippen LogP contribution in [0.4, 0.5) is 0 Å². The molecule has 0 bridgehead atoms. The van der Waals surface area contributed by atoms with Gasteiger partial charge in [-0.1, -0.05) is 30.3 Å². The first-order valence-corrected chi connectivity index (χ1v) is 5.44. The molecule has 17 heavy (non-hydrogen) atoms. The molecule has 0 aliphatic heterocycles. The van der Waals surface area contributed by atoms with E-state index < -0.39 is 0 Å². The van der Waals surface area contributed by atoms with Gasteiger partial charge in [0.15, 0.2) is 0 Å². The number of nitrogens with zero attached hydrogens (tertiary/aromatic N) is 3. The Morgan fingerprint density at radius 1 is 1.35 bits per heavy atom. The van der Waals surface area contributed by atoms with Crippen LogP contribution in [0.5, 0.6) is 0 Å². The number of carbonyl (C=O) groups is 1. The molecule has 0 aliphatic carbocycles. The topological polar surface area (TPSA) is 38.1 Å². The van der Waals surface area contributed by atoms with Crippen LogP contribution in [0.3, 0.4) is 0 Å². The summed E-state index contributed by atoms with van der Waals surface area (Å²) in [5, 5.41) is 0. The van der Waals surface area contributed by atoms with Crippen LogP contribution in [0.2, 0.25) is 0 Å². The minimum absolute atomic E-state index is 0.0196. The quantitative estimate of drug-likeness (QED) is 0.803. The van der Waals surface area contributed by atoms with Gasteiger partial charge in [0.05, 0.1) is 12.5 Å². The SMILES string of the molecule is CN(Cc1ccccc1)C(=O)c1cncn1C.